The molecule has 100 valence electrons. The molecule has 1 N–H and O–H groups in total. The number of carbonyl (C=O) groups is 1. The minimum absolute atomic E-state index is 0.0222. The van der Waals surface area contributed by atoms with Crippen molar-refractivity contribution in [3.63, 3.8) is 0 Å². The van der Waals surface area contributed by atoms with Gasteiger partial charge in [-0.1, -0.05) is 12.1 Å². The molecule has 0 unspecified atom stereocenters. The number of rotatable bonds is 5. The molecular formula is C15H18N2O2. The molecule has 0 saturated carbocycles. The Bertz CT molecular complexity index is 561. The number of benzene rings is 1. The van der Waals surface area contributed by atoms with Crippen molar-refractivity contribution in [2.24, 2.45) is 7.05 Å². The third-order valence-corrected chi connectivity index (χ3v) is 2.88. The van der Waals surface area contributed by atoms with Crippen molar-refractivity contribution in [1.29, 1.82) is 0 Å². The Morgan fingerprint density at radius 1 is 1.32 bits per heavy atom. The van der Waals surface area contributed by atoms with Gasteiger partial charge in [-0.15, -0.1) is 0 Å². The third kappa shape index (κ3) is 3.88. The second kappa shape index (κ2) is 6.09. The quantitative estimate of drug-likeness (QED) is 0.890. The fourth-order valence-corrected chi connectivity index (χ4v) is 1.90. The number of amides is 1. The molecule has 4 heteroatoms. The number of aryl methyl sites for hydroxylation is 1. The molecule has 0 fully saturated rings. The number of hydrogen-bond donors (Lipinski definition) is 1. The first kappa shape index (κ1) is 13.2. The number of hydrogen-bond acceptors (Lipinski definition) is 2. The van der Waals surface area contributed by atoms with Gasteiger partial charge in [0, 0.05) is 26.0 Å². The second-order valence-corrected chi connectivity index (χ2v) is 4.49. The zero-order valence-corrected chi connectivity index (χ0v) is 11.2. The van der Waals surface area contributed by atoms with Gasteiger partial charge < -0.3 is 14.6 Å². The lowest BCUT2D eigenvalue weighted by Gasteiger charge is -2.06. The summed E-state index contributed by atoms with van der Waals surface area (Å²) in [6.07, 6.45) is 4.29. The molecule has 1 aromatic heterocycles. The predicted molar refractivity (Wildman–Crippen MR) is 74.0 cm³/mol. The van der Waals surface area contributed by atoms with Crippen LogP contribution in [0.5, 0.6) is 5.75 Å². The van der Waals surface area contributed by atoms with Crippen LogP contribution in [0.3, 0.4) is 0 Å². The van der Waals surface area contributed by atoms with Crippen LogP contribution in [0, 0.1) is 0 Å². The van der Waals surface area contributed by atoms with E-state index in [0.717, 1.165) is 16.9 Å². The summed E-state index contributed by atoms with van der Waals surface area (Å²) in [4.78, 5) is 11.8. The zero-order chi connectivity index (χ0) is 13.7. The highest BCUT2D eigenvalue weighted by atomic mass is 16.5. The van der Waals surface area contributed by atoms with E-state index in [2.05, 4.69) is 5.32 Å². The average molecular weight is 258 g/mol. The fourth-order valence-electron chi connectivity index (χ4n) is 1.90. The number of ether oxygens (including phenoxy) is 1. The van der Waals surface area contributed by atoms with Gasteiger partial charge in [-0.05, 0) is 29.3 Å². The number of methoxy groups -OCH3 is 1. The molecule has 0 aliphatic heterocycles. The van der Waals surface area contributed by atoms with Crippen LogP contribution in [0.4, 0.5) is 0 Å². The summed E-state index contributed by atoms with van der Waals surface area (Å²) in [5.41, 5.74) is 2.05. The smallest absolute Gasteiger partial charge is 0.224 e. The second-order valence-electron chi connectivity index (χ2n) is 4.49. The summed E-state index contributed by atoms with van der Waals surface area (Å²) < 4.78 is 7.08. The Hall–Kier alpha value is -2.23. The summed E-state index contributed by atoms with van der Waals surface area (Å²) in [5, 5.41) is 2.90. The van der Waals surface area contributed by atoms with Crippen molar-refractivity contribution in [3.05, 3.63) is 53.9 Å². The molecule has 1 amide bonds. The fraction of sp³-hybridized carbons (Fsp3) is 0.267. The molecule has 0 spiro atoms. The molecule has 0 bridgehead atoms. The van der Waals surface area contributed by atoms with E-state index >= 15 is 0 Å². The first-order valence-electron chi connectivity index (χ1n) is 6.18. The lowest BCUT2D eigenvalue weighted by atomic mass is 10.2. The molecule has 19 heavy (non-hydrogen) atoms. The first-order valence-corrected chi connectivity index (χ1v) is 6.18. The van der Waals surface area contributed by atoms with Crippen molar-refractivity contribution in [1.82, 2.24) is 9.88 Å². The van der Waals surface area contributed by atoms with Gasteiger partial charge in [-0.2, -0.15) is 0 Å². The van der Waals surface area contributed by atoms with E-state index in [-0.39, 0.29) is 5.91 Å². The van der Waals surface area contributed by atoms with Crippen LogP contribution in [-0.4, -0.2) is 17.6 Å². The Morgan fingerprint density at radius 3 is 2.84 bits per heavy atom. The molecule has 0 radical (unpaired) electrons. The van der Waals surface area contributed by atoms with Gasteiger partial charge in [0.1, 0.15) is 5.75 Å². The molecule has 1 aromatic carbocycles. The van der Waals surface area contributed by atoms with Crippen LogP contribution in [0.15, 0.2) is 42.7 Å². The van der Waals surface area contributed by atoms with Gasteiger partial charge in [0.15, 0.2) is 0 Å². The highest BCUT2D eigenvalue weighted by Gasteiger charge is 2.04. The normalized spacial score (nSPS) is 10.2. The highest BCUT2D eigenvalue weighted by Crippen LogP contribution is 2.12. The average Bonchev–Trinajstić information content (AvgIpc) is 2.82. The van der Waals surface area contributed by atoms with Crippen LogP contribution >= 0.6 is 0 Å². The zero-order valence-electron chi connectivity index (χ0n) is 11.2. The van der Waals surface area contributed by atoms with Crippen LogP contribution < -0.4 is 10.1 Å². The van der Waals surface area contributed by atoms with E-state index in [4.69, 9.17) is 4.74 Å². The summed E-state index contributed by atoms with van der Waals surface area (Å²) in [5.74, 6) is 0.823. The maximum Gasteiger partial charge on any atom is 0.224 e. The number of nitrogens with zero attached hydrogens (tertiary/aromatic N) is 1. The Kier molecular flexibility index (Phi) is 4.23. The highest BCUT2D eigenvalue weighted by molar-refractivity contribution is 5.78. The van der Waals surface area contributed by atoms with Crippen molar-refractivity contribution in [2.45, 2.75) is 13.0 Å². The van der Waals surface area contributed by atoms with Crippen molar-refractivity contribution in [3.8, 4) is 5.75 Å². The molecule has 2 rings (SSSR count). The van der Waals surface area contributed by atoms with E-state index in [1.807, 2.05) is 54.3 Å². The van der Waals surface area contributed by atoms with Gasteiger partial charge in [-0.25, -0.2) is 0 Å². The standard InChI is InChI=1S/C15H18N2O2/c1-17-7-6-13(11-17)9-15(18)16-10-12-4-3-5-14(8-12)19-2/h3-8,11H,9-10H2,1-2H3,(H,16,18). The molecule has 4 nitrogen and oxygen atoms in total. The predicted octanol–water partition coefficient (Wildman–Crippen LogP) is 1.89. The minimum Gasteiger partial charge on any atom is -0.497 e. The molecular weight excluding hydrogens is 240 g/mol. The number of nitrogens with one attached hydrogen (secondary N) is 1. The maximum absolute atomic E-state index is 11.8. The van der Waals surface area contributed by atoms with Crippen molar-refractivity contribution < 1.29 is 9.53 Å². The van der Waals surface area contributed by atoms with Crippen LogP contribution in [0.25, 0.3) is 0 Å². The minimum atomic E-state index is 0.0222. The molecule has 0 aliphatic carbocycles. The molecule has 0 atom stereocenters. The van der Waals surface area contributed by atoms with Crippen molar-refractivity contribution >= 4 is 5.91 Å². The molecule has 2 aromatic rings. The summed E-state index contributed by atoms with van der Waals surface area (Å²) >= 11 is 0. The Balaban J connectivity index is 1.86. The molecule has 0 saturated heterocycles. The topological polar surface area (TPSA) is 43.3 Å². The largest absolute Gasteiger partial charge is 0.497 e. The van der Waals surface area contributed by atoms with Crippen LogP contribution in [-0.2, 0) is 24.8 Å². The van der Waals surface area contributed by atoms with Gasteiger partial charge >= 0.3 is 0 Å². The van der Waals surface area contributed by atoms with Gasteiger partial charge in [0.2, 0.25) is 5.91 Å². The van der Waals surface area contributed by atoms with Crippen molar-refractivity contribution in [2.75, 3.05) is 7.11 Å². The Morgan fingerprint density at radius 2 is 2.16 bits per heavy atom. The monoisotopic (exact) mass is 258 g/mol. The SMILES string of the molecule is COc1cccc(CNC(=O)Cc2ccn(C)c2)c1. The molecule has 0 aliphatic rings. The third-order valence-electron chi connectivity index (χ3n) is 2.88. The first-order chi connectivity index (χ1) is 9.17. The molecule has 1 heterocycles. The maximum atomic E-state index is 11.8. The van der Waals surface area contributed by atoms with E-state index < -0.39 is 0 Å². The Labute approximate surface area is 113 Å². The van der Waals surface area contributed by atoms with Gasteiger partial charge in [-0.3, -0.25) is 4.79 Å². The summed E-state index contributed by atoms with van der Waals surface area (Å²) in [6, 6.07) is 9.63. The van der Waals surface area contributed by atoms with E-state index in [0.29, 0.717) is 13.0 Å². The summed E-state index contributed by atoms with van der Waals surface area (Å²) in [6.45, 7) is 0.517. The van der Waals surface area contributed by atoms with Crippen LogP contribution in [0.2, 0.25) is 0 Å². The lowest BCUT2D eigenvalue weighted by molar-refractivity contribution is -0.120. The lowest BCUT2D eigenvalue weighted by Crippen LogP contribution is -2.24. The van der Waals surface area contributed by atoms with E-state index in [1.165, 1.54) is 0 Å². The van der Waals surface area contributed by atoms with Crippen LogP contribution in [0.1, 0.15) is 11.1 Å². The van der Waals surface area contributed by atoms with E-state index in [1.54, 1.807) is 7.11 Å². The summed E-state index contributed by atoms with van der Waals surface area (Å²) in [7, 11) is 3.57. The van der Waals surface area contributed by atoms with E-state index in [9.17, 15) is 4.79 Å². The van der Waals surface area contributed by atoms with Gasteiger partial charge in [0.25, 0.3) is 0 Å². The van der Waals surface area contributed by atoms with Gasteiger partial charge in [0.05, 0.1) is 13.5 Å². The number of carbonyl (C=O) groups excluding carboxylic acids is 1. The number of aromatic nitrogens is 1.